The fourth-order valence-electron chi connectivity index (χ4n) is 4.26. The normalized spacial score (nSPS) is 13.0. The van der Waals surface area contributed by atoms with E-state index in [1.54, 1.807) is 18.3 Å². The Labute approximate surface area is 219 Å². The van der Waals surface area contributed by atoms with Gasteiger partial charge in [-0.2, -0.15) is 0 Å². The topological polar surface area (TPSA) is 86.5 Å². The van der Waals surface area contributed by atoms with E-state index in [-0.39, 0.29) is 23.7 Å². The van der Waals surface area contributed by atoms with Crippen LogP contribution >= 0.6 is 11.9 Å². The summed E-state index contributed by atoms with van der Waals surface area (Å²) in [5.41, 5.74) is 5.18. The fourth-order valence-corrected chi connectivity index (χ4v) is 5.15. The Morgan fingerprint density at radius 2 is 1.95 bits per heavy atom. The number of rotatable bonds is 8. The van der Waals surface area contributed by atoms with Gasteiger partial charge in [0.2, 0.25) is 5.75 Å². The smallest absolute Gasteiger partial charge is 0.203 e. The summed E-state index contributed by atoms with van der Waals surface area (Å²) in [6, 6.07) is 11.6. The van der Waals surface area contributed by atoms with Crippen LogP contribution in [-0.4, -0.2) is 39.0 Å². The number of ether oxygens (including phenoxy) is 2. The predicted molar refractivity (Wildman–Crippen MR) is 145 cm³/mol. The monoisotopic (exact) mass is 513 g/mol. The van der Waals surface area contributed by atoms with Crippen LogP contribution in [0.15, 0.2) is 77.5 Å². The summed E-state index contributed by atoms with van der Waals surface area (Å²) >= 11 is 1.52. The summed E-state index contributed by atoms with van der Waals surface area (Å²) in [6.45, 7) is 2.05. The number of benzene rings is 2. The van der Waals surface area contributed by atoms with Crippen molar-refractivity contribution in [3.05, 3.63) is 83.7 Å². The number of aromatic hydroxyl groups is 1. The number of ketones is 1. The molecule has 0 fully saturated rings. The molecule has 0 saturated heterocycles. The molecule has 8 heteroatoms. The summed E-state index contributed by atoms with van der Waals surface area (Å²) in [6.07, 6.45) is 11.6. The Morgan fingerprint density at radius 1 is 1.14 bits per heavy atom. The molecule has 0 unspecified atom stereocenters. The number of allylic oxidation sites excluding steroid dienone is 4. The molecule has 5 rings (SSSR count). The summed E-state index contributed by atoms with van der Waals surface area (Å²) in [5, 5.41) is 10.5. The highest BCUT2D eigenvalue weighted by Gasteiger charge is 2.20. The number of carbonyl (C=O) groups excluding carboxylic acids is 1. The zero-order chi connectivity index (χ0) is 25.9. The van der Waals surface area contributed by atoms with Crippen LogP contribution in [0.1, 0.15) is 24.0 Å². The minimum absolute atomic E-state index is 0.0475. The largest absolute Gasteiger partial charge is 0.504 e. The van der Waals surface area contributed by atoms with Crippen molar-refractivity contribution >= 4 is 28.9 Å². The highest BCUT2D eigenvalue weighted by atomic mass is 32.2. The van der Waals surface area contributed by atoms with Gasteiger partial charge in [0.05, 0.1) is 26.1 Å². The minimum Gasteiger partial charge on any atom is -0.504 e. The quantitative estimate of drug-likeness (QED) is 0.306. The molecule has 0 amide bonds. The van der Waals surface area contributed by atoms with Gasteiger partial charge in [0.1, 0.15) is 5.52 Å². The summed E-state index contributed by atoms with van der Waals surface area (Å²) in [4.78, 5) is 23.8. The van der Waals surface area contributed by atoms with Gasteiger partial charge >= 0.3 is 0 Å². The molecule has 4 aromatic rings. The molecule has 1 aliphatic rings. The van der Waals surface area contributed by atoms with Crippen molar-refractivity contribution < 1.29 is 19.4 Å². The molecule has 0 radical (unpaired) electrons. The number of phenols is 1. The van der Waals surface area contributed by atoms with E-state index in [1.807, 2.05) is 28.4 Å². The Morgan fingerprint density at radius 3 is 2.65 bits per heavy atom. The Bertz CT molecular complexity index is 1540. The van der Waals surface area contributed by atoms with E-state index in [0.717, 1.165) is 28.9 Å². The molecule has 0 spiro atoms. The molecule has 37 heavy (non-hydrogen) atoms. The van der Waals surface area contributed by atoms with Crippen LogP contribution < -0.4 is 9.47 Å². The number of Topliss-reactive ketones (excluding diaryl/α,β-unsaturated/α-hetero) is 1. The molecule has 0 saturated carbocycles. The molecule has 1 aliphatic carbocycles. The van der Waals surface area contributed by atoms with Crippen LogP contribution in [0.2, 0.25) is 0 Å². The van der Waals surface area contributed by atoms with Crippen LogP contribution in [0.3, 0.4) is 0 Å². The second kappa shape index (κ2) is 10.5. The average Bonchev–Trinajstić information content (AvgIpc) is 3.25. The van der Waals surface area contributed by atoms with E-state index >= 15 is 0 Å². The number of carbonyl (C=O) groups is 1. The molecule has 2 aromatic carbocycles. The maximum Gasteiger partial charge on any atom is 0.203 e. The first-order chi connectivity index (χ1) is 18.0. The van der Waals surface area contributed by atoms with Gasteiger partial charge in [-0.25, -0.2) is 9.97 Å². The molecule has 188 valence electrons. The lowest BCUT2D eigenvalue weighted by Crippen LogP contribution is -2.06. The van der Waals surface area contributed by atoms with Crippen LogP contribution in [0.25, 0.3) is 22.4 Å². The van der Waals surface area contributed by atoms with Crippen LogP contribution in [0.5, 0.6) is 17.2 Å². The van der Waals surface area contributed by atoms with E-state index in [2.05, 4.69) is 31.2 Å². The maximum atomic E-state index is 13.1. The summed E-state index contributed by atoms with van der Waals surface area (Å²) in [5.74, 6) is 0.628. The lowest BCUT2D eigenvalue weighted by molar-refractivity contribution is -0.114. The second-order valence-corrected chi connectivity index (χ2v) is 9.83. The van der Waals surface area contributed by atoms with Crippen LogP contribution in [-0.2, 0) is 11.2 Å². The van der Waals surface area contributed by atoms with Crippen molar-refractivity contribution in [3.8, 4) is 28.5 Å². The second-order valence-electron chi connectivity index (χ2n) is 8.78. The standard InChI is InChI=1S/C29H27N3O4S/c1-18-9-11-22(12-10-18)37-32-17-21(14-24(33)19-7-5-4-6-8-19)27-29(32)30-16-23(31-27)20-13-25(34)28(36-3)26(15-20)35-2/h5,7-13,15-17,34H,4,6,14H2,1-3H3. The number of nitrogens with zero attached hydrogens (tertiary/aromatic N) is 3. The van der Waals surface area contributed by atoms with Crippen molar-refractivity contribution in [1.29, 1.82) is 0 Å². The zero-order valence-electron chi connectivity index (χ0n) is 20.9. The molecule has 7 nitrogen and oxygen atoms in total. The summed E-state index contributed by atoms with van der Waals surface area (Å²) < 4.78 is 12.6. The first-order valence-corrected chi connectivity index (χ1v) is 12.7. The third kappa shape index (κ3) is 5.11. The van der Waals surface area contributed by atoms with Gasteiger partial charge in [0.15, 0.2) is 22.9 Å². The van der Waals surface area contributed by atoms with Crippen molar-refractivity contribution in [2.75, 3.05) is 14.2 Å². The van der Waals surface area contributed by atoms with E-state index < -0.39 is 0 Å². The zero-order valence-corrected chi connectivity index (χ0v) is 21.7. The summed E-state index contributed by atoms with van der Waals surface area (Å²) in [7, 11) is 2.98. The lowest BCUT2D eigenvalue weighted by Gasteiger charge is -2.11. The molecule has 0 bridgehead atoms. The van der Waals surface area contributed by atoms with Gasteiger partial charge in [-0.15, -0.1) is 0 Å². The molecular formula is C29H27N3O4S. The number of phenolic OH excluding ortho intramolecular Hbond substituents is 1. The van der Waals surface area contributed by atoms with Crippen molar-refractivity contribution in [1.82, 2.24) is 13.9 Å². The predicted octanol–water partition coefficient (Wildman–Crippen LogP) is 6.07. The molecular weight excluding hydrogens is 486 g/mol. The molecule has 2 aromatic heterocycles. The maximum absolute atomic E-state index is 13.1. The number of hydrogen-bond donors (Lipinski definition) is 1. The van der Waals surface area contributed by atoms with Crippen LogP contribution in [0.4, 0.5) is 0 Å². The Hall–Kier alpha value is -4.04. The number of aromatic nitrogens is 3. The van der Waals surface area contributed by atoms with Crippen molar-refractivity contribution in [2.45, 2.75) is 31.1 Å². The average molecular weight is 514 g/mol. The number of hydrogen-bond acceptors (Lipinski definition) is 7. The van der Waals surface area contributed by atoms with Crippen molar-refractivity contribution in [3.63, 3.8) is 0 Å². The molecule has 1 N–H and O–H groups in total. The first-order valence-electron chi connectivity index (χ1n) is 11.9. The molecule has 0 atom stereocenters. The van der Waals surface area contributed by atoms with Gasteiger partial charge < -0.3 is 14.6 Å². The third-order valence-corrected chi connectivity index (χ3v) is 7.14. The molecule has 2 heterocycles. The van der Waals surface area contributed by atoms with Crippen molar-refractivity contribution in [2.24, 2.45) is 0 Å². The fraction of sp³-hybridized carbons (Fsp3) is 0.207. The van der Waals surface area contributed by atoms with E-state index in [9.17, 15) is 9.90 Å². The van der Waals surface area contributed by atoms with Gasteiger partial charge in [0.25, 0.3) is 0 Å². The highest BCUT2D eigenvalue weighted by Crippen LogP contribution is 2.40. The highest BCUT2D eigenvalue weighted by molar-refractivity contribution is 7.98. The van der Waals surface area contributed by atoms with Gasteiger partial charge in [-0.3, -0.25) is 8.77 Å². The van der Waals surface area contributed by atoms with Gasteiger partial charge in [-0.1, -0.05) is 35.9 Å². The van der Waals surface area contributed by atoms with E-state index in [4.69, 9.17) is 19.4 Å². The van der Waals surface area contributed by atoms with E-state index in [0.29, 0.717) is 28.2 Å². The lowest BCUT2D eigenvalue weighted by atomic mass is 9.99. The van der Waals surface area contributed by atoms with Gasteiger partial charge in [0, 0.05) is 34.2 Å². The number of aryl methyl sites for hydroxylation is 1. The SMILES string of the molecule is COc1cc(-c2cnc3c(n2)c(CC(=O)C2=CCCC=C2)cn3Sc2ccc(C)cc2)cc(O)c1OC. The Kier molecular flexibility index (Phi) is 7.01. The first kappa shape index (κ1) is 24.6. The minimum atomic E-state index is -0.0577. The van der Waals surface area contributed by atoms with Gasteiger partial charge in [-0.05, 0) is 56.0 Å². The number of fused-ring (bicyclic) bond motifs is 1. The van der Waals surface area contributed by atoms with E-state index in [1.165, 1.54) is 31.7 Å². The number of methoxy groups -OCH3 is 2. The van der Waals surface area contributed by atoms with Crippen LogP contribution in [0, 0.1) is 6.92 Å². The Balaban J connectivity index is 1.59. The molecule has 0 aliphatic heterocycles. The third-order valence-electron chi connectivity index (χ3n) is 6.19.